The Labute approximate surface area is 128 Å². The third kappa shape index (κ3) is 4.90. The second-order valence-electron chi connectivity index (χ2n) is 6.92. The summed E-state index contributed by atoms with van der Waals surface area (Å²) >= 11 is 1.72. The quantitative estimate of drug-likeness (QED) is 0.705. The average Bonchev–Trinajstić information content (AvgIpc) is 2.46. The smallest absolute Gasteiger partial charge is 0.0833 e. The zero-order valence-corrected chi connectivity index (χ0v) is 14.0. The highest BCUT2D eigenvalue weighted by atomic mass is 32.2. The zero-order valence-electron chi connectivity index (χ0n) is 13.2. The lowest BCUT2D eigenvalue weighted by Crippen LogP contribution is -2.53. The SMILES string of the molecule is CSCC(C)(O)CNC1CCCCC1C1CCCCN1. The van der Waals surface area contributed by atoms with Crippen molar-refractivity contribution in [2.45, 2.75) is 69.6 Å². The molecule has 4 unspecified atom stereocenters. The molecule has 0 amide bonds. The maximum absolute atomic E-state index is 10.3. The molecular formula is C16H32N2OS. The summed E-state index contributed by atoms with van der Waals surface area (Å²) in [5.74, 6) is 1.56. The van der Waals surface area contributed by atoms with Crippen LogP contribution in [0.3, 0.4) is 0 Å². The van der Waals surface area contributed by atoms with Crippen LogP contribution in [0.2, 0.25) is 0 Å². The number of hydrogen-bond donors (Lipinski definition) is 3. The van der Waals surface area contributed by atoms with Crippen molar-refractivity contribution in [2.24, 2.45) is 5.92 Å². The van der Waals surface area contributed by atoms with Gasteiger partial charge in [0.25, 0.3) is 0 Å². The number of hydrogen-bond acceptors (Lipinski definition) is 4. The lowest BCUT2D eigenvalue weighted by Gasteiger charge is -2.41. The van der Waals surface area contributed by atoms with E-state index in [-0.39, 0.29) is 0 Å². The highest BCUT2D eigenvalue weighted by molar-refractivity contribution is 7.98. The molecule has 3 N–H and O–H groups in total. The summed E-state index contributed by atoms with van der Waals surface area (Å²) in [6.45, 7) is 3.87. The molecule has 1 saturated carbocycles. The first-order valence-electron chi connectivity index (χ1n) is 8.30. The summed E-state index contributed by atoms with van der Waals surface area (Å²) in [5, 5.41) is 17.8. The molecule has 4 atom stereocenters. The van der Waals surface area contributed by atoms with Crippen molar-refractivity contribution in [3.05, 3.63) is 0 Å². The predicted molar refractivity (Wildman–Crippen MR) is 88.4 cm³/mol. The van der Waals surface area contributed by atoms with Crippen LogP contribution in [-0.2, 0) is 0 Å². The van der Waals surface area contributed by atoms with E-state index in [9.17, 15) is 5.11 Å². The summed E-state index contributed by atoms with van der Waals surface area (Å²) in [6.07, 6.45) is 11.5. The average molecular weight is 301 g/mol. The van der Waals surface area contributed by atoms with E-state index in [1.807, 2.05) is 6.92 Å². The second kappa shape index (κ2) is 8.02. The normalized spacial score (nSPS) is 34.6. The lowest BCUT2D eigenvalue weighted by molar-refractivity contribution is 0.0712. The molecule has 0 radical (unpaired) electrons. The van der Waals surface area contributed by atoms with Crippen LogP contribution in [0.5, 0.6) is 0 Å². The molecule has 118 valence electrons. The Bertz CT molecular complexity index is 280. The fourth-order valence-electron chi connectivity index (χ4n) is 3.85. The number of piperidine rings is 1. The number of rotatable bonds is 6. The van der Waals surface area contributed by atoms with Crippen molar-refractivity contribution in [2.75, 3.05) is 25.1 Å². The van der Waals surface area contributed by atoms with Crippen LogP contribution < -0.4 is 10.6 Å². The molecule has 3 nitrogen and oxygen atoms in total. The minimum Gasteiger partial charge on any atom is -0.388 e. The van der Waals surface area contributed by atoms with Crippen LogP contribution in [0.25, 0.3) is 0 Å². The van der Waals surface area contributed by atoms with Gasteiger partial charge in [-0.3, -0.25) is 0 Å². The number of thioether (sulfide) groups is 1. The summed E-state index contributed by atoms with van der Waals surface area (Å²) in [4.78, 5) is 0. The van der Waals surface area contributed by atoms with Crippen molar-refractivity contribution in [1.29, 1.82) is 0 Å². The van der Waals surface area contributed by atoms with E-state index < -0.39 is 5.60 Å². The summed E-state index contributed by atoms with van der Waals surface area (Å²) in [7, 11) is 0. The molecule has 4 heteroatoms. The van der Waals surface area contributed by atoms with Gasteiger partial charge in [0.05, 0.1) is 5.60 Å². The van der Waals surface area contributed by atoms with E-state index >= 15 is 0 Å². The second-order valence-corrected chi connectivity index (χ2v) is 7.79. The first kappa shape index (κ1) is 16.6. The molecule has 0 spiro atoms. The summed E-state index contributed by atoms with van der Waals surface area (Å²) in [6, 6.07) is 1.29. The van der Waals surface area contributed by atoms with Crippen LogP contribution in [0.1, 0.15) is 51.9 Å². The Morgan fingerprint density at radius 3 is 2.65 bits per heavy atom. The minimum atomic E-state index is -0.582. The van der Waals surface area contributed by atoms with E-state index in [1.165, 1.54) is 51.5 Å². The Hall–Kier alpha value is 0.230. The van der Waals surface area contributed by atoms with Gasteiger partial charge in [-0.05, 0) is 51.3 Å². The predicted octanol–water partition coefficient (Wildman–Crippen LogP) is 2.39. The Balaban J connectivity index is 1.86. The highest BCUT2D eigenvalue weighted by Gasteiger charge is 2.33. The molecule has 20 heavy (non-hydrogen) atoms. The minimum absolute atomic E-state index is 0.582. The molecular weight excluding hydrogens is 268 g/mol. The van der Waals surface area contributed by atoms with Gasteiger partial charge in [0.1, 0.15) is 0 Å². The lowest BCUT2D eigenvalue weighted by atomic mass is 9.77. The first-order valence-corrected chi connectivity index (χ1v) is 9.70. The fraction of sp³-hybridized carbons (Fsp3) is 1.00. The Morgan fingerprint density at radius 2 is 1.95 bits per heavy atom. The van der Waals surface area contributed by atoms with Crippen LogP contribution in [0.15, 0.2) is 0 Å². The van der Waals surface area contributed by atoms with Gasteiger partial charge < -0.3 is 15.7 Å². The Morgan fingerprint density at radius 1 is 1.20 bits per heavy atom. The zero-order chi connectivity index (χ0) is 14.4. The summed E-state index contributed by atoms with van der Waals surface area (Å²) in [5.41, 5.74) is -0.582. The third-order valence-electron chi connectivity index (χ3n) is 4.89. The largest absolute Gasteiger partial charge is 0.388 e. The topological polar surface area (TPSA) is 44.3 Å². The van der Waals surface area contributed by atoms with Crippen molar-refractivity contribution in [1.82, 2.24) is 10.6 Å². The maximum atomic E-state index is 10.3. The molecule has 1 saturated heterocycles. The molecule has 2 fully saturated rings. The number of aliphatic hydroxyl groups is 1. The van der Waals surface area contributed by atoms with Gasteiger partial charge in [-0.15, -0.1) is 0 Å². The molecule has 2 aliphatic rings. The van der Waals surface area contributed by atoms with E-state index in [2.05, 4.69) is 16.9 Å². The standard InChI is InChI=1S/C16H32N2OS/c1-16(19,12-20-2)11-18-15-8-4-3-7-13(15)14-9-5-6-10-17-14/h13-15,17-19H,3-12H2,1-2H3. The number of nitrogens with one attached hydrogen (secondary N) is 2. The van der Waals surface area contributed by atoms with Gasteiger partial charge in [-0.25, -0.2) is 0 Å². The molecule has 0 aromatic rings. The van der Waals surface area contributed by atoms with Crippen LogP contribution in [0.4, 0.5) is 0 Å². The monoisotopic (exact) mass is 300 g/mol. The van der Waals surface area contributed by atoms with E-state index in [1.54, 1.807) is 11.8 Å². The van der Waals surface area contributed by atoms with Crippen LogP contribution >= 0.6 is 11.8 Å². The fourth-order valence-corrected chi connectivity index (χ4v) is 4.58. The molecule has 0 aromatic heterocycles. The van der Waals surface area contributed by atoms with Crippen molar-refractivity contribution < 1.29 is 5.11 Å². The van der Waals surface area contributed by atoms with Gasteiger partial charge >= 0.3 is 0 Å². The van der Waals surface area contributed by atoms with Gasteiger partial charge in [-0.1, -0.05) is 19.3 Å². The molecule has 1 aliphatic heterocycles. The summed E-state index contributed by atoms with van der Waals surface area (Å²) < 4.78 is 0. The van der Waals surface area contributed by atoms with Crippen molar-refractivity contribution in [3.8, 4) is 0 Å². The molecule has 0 bridgehead atoms. The Kier molecular flexibility index (Phi) is 6.66. The molecule has 1 aliphatic carbocycles. The maximum Gasteiger partial charge on any atom is 0.0833 e. The molecule has 2 rings (SSSR count). The van der Waals surface area contributed by atoms with Crippen molar-refractivity contribution >= 4 is 11.8 Å². The van der Waals surface area contributed by atoms with Crippen molar-refractivity contribution in [3.63, 3.8) is 0 Å². The van der Waals surface area contributed by atoms with E-state index in [0.717, 1.165) is 18.2 Å². The van der Waals surface area contributed by atoms with Gasteiger partial charge in [0, 0.05) is 24.4 Å². The van der Waals surface area contributed by atoms with Gasteiger partial charge in [-0.2, -0.15) is 11.8 Å². The van der Waals surface area contributed by atoms with Crippen LogP contribution in [-0.4, -0.2) is 47.9 Å². The first-order chi connectivity index (χ1) is 9.62. The van der Waals surface area contributed by atoms with Crippen LogP contribution in [0, 0.1) is 5.92 Å². The molecule has 0 aromatic carbocycles. The van der Waals surface area contributed by atoms with E-state index in [0.29, 0.717) is 12.1 Å². The molecule has 1 heterocycles. The van der Waals surface area contributed by atoms with Gasteiger partial charge in [0.2, 0.25) is 0 Å². The van der Waals surface area contributed by atoms with Gasteiger partial charge in [0.15, 0.2) is 0 Å². The third-order valence-corrected chi connectivity index (χ3v) is 5.80. The van der Waals surface area contributed by atoms with E-state index in [4.69, 9.17) is 0 Å². The highest BCUT2D eigenvalue weighted by Crippen LogP contribution is 2.30.